The Hall–Kier alpha value is -2.56. The van der Waals surface area contributed by atoms with E-state index in [1.165, 1.54) is 12.1 Å². The molecule has 1 saturated heterocycles. The van der Waals surface area contributed by atoms with Crippen LogP contribution in [0.2, 0.25) is 5.02 Å². The maximum Gasteiger partial charge on any atom is 0.196 e. The van der Waals surface area contributed by atoms with E-state index in [-0.39, 0.29) is 17.5 Å². The minimum atomic E-state index is -0.473. The van der Waals surface area contributed by atoms with Crippen molar-refractivity contribution < 1.29 is 13.9 Å². The molecule has 180 valence electrons. The van der Waals surface area contributed by atoms with Crippen LogP contribution in [0.1, 0.15) is 41.4 Å². The third kappa shape index (κ3) is 4.66. The van der Waals surface area contributed by atoms with Gasteiger partial charge in [-0.3, -0.25) is 4.79 Å². The van der Waals surface area contributed by atoms with Crippen LogP contribution in [0.4, 0.5) is 10.1 Å². The highest BCUT2D eigenvalue weighted by atomic mass is 127. The number of aromatic nitrogens is 2. The van der Waals surface area contributed by atoms with E-state index in [9.17, 15) is 9.18 Å². The van der Waals surface area contributed by atoms with E-state index in [1.54, 1.807) is 28.2 Å². The summed E-state index contributed by atoms with van der Waals surface area (Å²) in [6.45, 7) is 0.641. The molecule has 1 unspecified atom stereocenters. The minimum Gasteiger partial charge on any atom is -0.369 e. The van der Waals surface area contributed by atoms with E-state index in [0.717, 1.165) is 33.6 Å². The molecular weight excluding hydrogens is 582 g/mol. The summed E-state index contributed by atoms with van der Waals surface area (Å²) in [7, 11) is 3.73. The Bertz CT molecular complexity index is 1480. The first kappa shape index (κ1) is 24.1. The van der Waals surface area contributed by atoms with E-state index in [2.05, 4.69) is 32.7 Å². The Balaban J connectivity index is 1.69. The number of benzene rings is 3. The largest absolute Gasteiger partial charge is 0.369 e. The molecule has 4 aromatic rings. The van der Waals surface area contributed by atoms with Crippen LogP contribution in [0, 0.1) is 9.39 Å². The average molecular weight is 605 g/mol. The first-order chi connectivity index (χ1) is 16.8. The summed E-state index contributed by atoms with van der Waals surface area (Å²) >= 11 is 8.45. The second-order valence-corrected chi connectivity index (χ2v) is 10.4. The zero-order valence-corrected chi connectivity index (χ0v) is 22.2. The summed E-state index contributed by atoms with van der Waals surface area (Å²) in [4.78, 5) is 20.4. The molecular formula is C26H23ClFIN4O2. The summed E-state index contributed by atoms with van der Waals surface area (Å²) in [6, 6.07) is 10.2. The van der Waals surface area contributed by atoms with Gasteiger partial charge in [0.25, 0.3) is 0 Å². The van der Waals surface area contributed by atoms with E-state index >= 15 is 0 Å². The lowest BCUT2D eigenvalue weighted by Gasteiger charge is -2.22. The lowest BCUT2D eigenvalue weighted by Crippen LogP contribution is -2.18. The number of fused-ring (bicyclic) bond motifs is 2. The Morgan fingerprint density at radius 1 is 1.20 bits per heavy atom. The summed E-state index contributed by atoms with van der Waals surface area (Å²) in [5.41, 5.74) is 1.49. The van der Waals surface area contributed by atoms with Crippen LogP contribution in [0.3, 0.4) is 0 Å². The molecule has 0 amide bonds. The van der Waals surface area contributed by atoms with Gasteiger partial charge in [-0.2, -0.15) is 5.10 Å². The van der Waals surface area contributed by atoms with Crippen molar-refractivity contribution >= 4 is 73.7 Å². The normalized spacial score (nSPS) is 16.4. The first-order valence-corrected chi connectivity index (χ1v) is 12.7. The number of hydrogen-bond donors (Lipinski definition) is 0. The van der Waals surface area contributed by atoms with Gasteiger partial charge in [-0.05, 0) is 77.6 Å². The van der Waals surface area contributed by atoms with E-state index in [0.29, 0.717) is 33.8 Å². The van der Waals surface area contributed by atoms with E-state index < -0.39 is 5.82 Å². The van der Waals surface area contributed by atoms with Crippen molar-refractivity contribution in [3.8, 4) is 0 Å². The molecule has 0 saturated carbocycles. The second-order valence-electron chi connectivity index (χ2n) is 8.77. The molecule has 0 bridgehead atoms. The van der Waals surface area contributed by atoms with Crippen LogP contribution in [0.25, 0.3) is 21.7 Å². The number of halogens is 3. The van der Waals surface area contributed by atoms with Crippen LogP contribution in [-0.2, 0) is 4.74 Å². The fourth-order valence-electron chi connectivity index (χ4n) is 4.34. The van der Waals surface area contributed by atoms with E-state index in [4.69, 9.17) is 16.3 Å². The Morgan fingerprint density at radius 3 is 2.77 bits per heavy atom. The molecule has 1 aliphatic rings. The van der Waals surface area contributed by atoms with Gasteiger partial charge in [-0.15, -0.1) is 0 Å². The molecule has 2 heterocycles. The summed E-state index contributed by atoms with van der Waals surface area (Å²) < 4.78 is 23.1. The predicted molar refractivity (Wildman–Crippen MR) is 145 cm³/mol. The van der Waals surface area contributed by atoms with Gasteiger partial charge in [-0.25, -0.2) is 14.1 Å². The third-order valence-corrected chi connectivity index (χ3v) is 7.15. The van der Waals surface area contributed by atoms with Crippen LogP contribution in [0.5, 0.6) is 0 Å². The second kappa shape index (κ2) is 9.83. The van der Waals surface area contributed by atoms with Crippen molar-refractivity contribution in [2.24, 2.45) is 4.99 Å². The molecule has 1 atom stereocenters. The minimum absolute atomic E-state index is 0.158. The molecule has 1 fully saturated rings. The van der Waals surface area contributed by atoms with Gasteiger partial charge in [-0.1, -0.05) is 17.7 Å². The van der Waals surface area contributed by atoms with Gasteiger partial charge in [0.1, 0.15) is 11.7 Å². The van der Waals surface area contributed by atoms with Crippen molar-refractivity contribution in [1.29, 1.82) is 0 Å². The molecule has 9 heteroatoms. The molecule has 1 aromatic heterocycles. The Kier molecular flexibility index (Phi) is 6.78. The van der Waals surface area contributed by atoms with Gasteiger partial charge >= 0.3 is 0 Å². The highest BCUT2D eigenvalue weighted by molar-refractivity contribution is 14.1. The van der Waals surface area contributed by atoms with Crippen molar-refractivity contribution in [2.45, 2.75) is 25.5 Å². The number of carbonyl (C=O) groups is 1. The molecule has 3 aromatic carbocycles. The number of nitrogens with zero attached hydrogens (tertiary/aromatic N) is 4. The first-order valence-electron chi connectivity index (χ1n) is 11.3. The fraction of sp³-hybridized carbons (Fsp3) is 0.269. The van der Waals surface area contributed by atoms with Crippen molar-refractivity contribution in [3.05, 3.63) is 68.1 Å². The zero-order valence-electron chi connectivity index (χ0n) is 19.3. The topological polar surface area (TPSA) is 59.7 Å². The highest BCUT2D eigenvalue weighted by Crippen LogP contribution is 2.37. The molecule has 0 N–H and O–H groups in total. The van der Waals surface area contributed by atoms with Gasteiger partial charge in [0.05, 0.1) is 12.0 Å². The number of rotatable bonds is 5. The van der Waals surface area contributed by atoms with Crippen molar-refractivity contribution in [2.75, 3.05) is 20.7 Å². The van der Waals surface area contributed by atoms with Crippen molar-refractivity contribution in [1.82, 2.24) is 14.7 Å². The van der Waals surface area contributed by atoms with Gasteiger partial charge < -0.3 is 9.64 Å². The van der Waals surface area contributed by atoms with Crippen molar-refractivity contribution in [3.63, 3.8) is 0 Å². The van der Waals surface area contributed by atoms with E-state index in [1.807, 2.05) is 32.3 Å². The zero-order chi connectivity index (χ0) is 24.7. The Morgan fingerprint density at radius 2 is 2.03 bits per heavy atom. The summed E-state index contributed by atoms with van der Waals surface area (Å²) in [6.07, 6.45) is 5.93. The monoisotopic (exact) mass is 604 g/mol. The lowest BCUT2D eigenvalue weighted by atomic mass is 9.95. The van der Waals surface area contributed by atoms with Crippen LogP contribution in [0.15, 0.2) is 47.6 Å². The number of carbonyl (C=O) groups excluding carboxylic acids is 1. The fourth-order valence-corrected chi connectivity index (χ4v) is 5.27. The average Bonchev–Trinajstić information content (AvgIpc) is 3.30. The number of ketones is 1. The van der Waals surface area contributed by atoms with Gasteiger partial charge in [0.2, 0.25) is 0 Å². The highest BCUT2D eigenvalue weighted by Gasteiger charge is 2.24. The maximum absolute atomic E-state index is 14.7. The van der Waals surface area contributed by atoms with Crippen LogP contribution >= 0.6 is 34.2 Å². The molecule has 0 spiro atoms. The molecule has 0 radical (unpaired) electrons. The molecule has 6 nitrogen and oxygen atoms in total. The summed E-state index contributed by atoms with van der Waals surface area (Å²) in [5.74, 6) is -0.723. The lowest BCUT2D eigenvalue weighted by molar-refractivity contribution is -0.0391. The SMILES string of the molecule is CN(C)C=Nc1c(C(=O)c2ccc(F)c3nn(C4CCCCO4)cc23)cc(I)c2cc(Cl)ccc12. The molecule has 0 aliphatic carbocycles. The number of aliphatic imine (C=N–C) groups is 1. The third-order valence-electron chi connectivity index (χ3n) is 6.02. The molecule has 1 aliphatic heterocycles. The van der Waals surface area contributed by atoms with Crippen LogP contribution < -0.4 is 0 Å². The smallest absolute Gasteiger partial charge is 0.196 e. The Labute approximate surface area is 220 Å². The van der Waals surface area contributed by atoms with Gasteiger partial charge in [0.15, 0.2) is 11.6 Å². The number of ether oxygens (including phenoxy) is 1. The number of hydrogen-bond acceptors (Lipinski definition) is 4. The van der Waals surface area contributed by atoms with Gasteiger partial charge in [0, 0.05) is 57.4 Å². The quantitative estimate of drug-likeness (QED) is 0.110. The molecule has 35 heavy (non-hydrogen) atoms. The predicted octanol–water partition coefficient (Wildman–Crippen LogP) is 6.74. The standard InChI is InChI=1S/C26H23ClFIN4O2/c1-32(2)14-30-24-16-7-6-15(27)11-18(16)22(29)12-19(24)26(34)17-8-9-21(28)25-20(17)13-33(31-25)23-5-3-4-10-35-23/h6-9,11-14,23H,3-5,10H2,1-2H3. The maximum atomic E-state index is 14.7. The molecule has 5 rings (SSSR count). The summed E-state index contributed by atoms with van der Waals surface area (Å²) in [5, 5.41) is 7.23. The van der Waals surface area contributed by atoms with Crippen LogP contribution in [-0.4, -0.2) is 47.5 Å².